The number of thiophene rings is 1. The van der Waals surface area contributed by atoms with Gasteiger partial charge in [-0.25, -0.2) is 4.99 Å². The molecular formula is C19H25IN6S. The summed E-state index contributed by atoms with van der Waals surface area (Å²) in [6, 6.07) is 14.3. The van der Waals surface area contributed by atoms with E-state index in [1.807, 2.05) is 34.9 Å². The summed E-state index contributed by atoms with van der Waals surface area (Å²) in [7, 11) is 0. The third-order valence-electron chi connectivity index (χ3n) is 3.98. The van der Waals surface area contributed by atoms with Gasteiger partial charge in [-0.15, -0.1) is 45.5 Å². The quantitative estimate of drug-likeness (QED) is 0.297. The van der Waals surface area contributed by atoms with Crippen LogP contribution in [0.5, 0.6) is 0 Å². The second kappa shape index (κ2) is 11.0. The molecule has 0 saturated heterocycles. The number of nitrogens with zero attached hydrogens (tertiary/aromatic N) is 4. The number of aliphatic imine (C=N–C) groups is 1. The Kier molecular flexibility index (Phi) is 8.73. The topological polar surface area (TPSA) is 67.1 Å². The minimum absolute atomic E-state index is 0. The molecule has 0 bridgehead atoms. The van der Waals surface area contributed by atoms with Gasteiger partial charge < -0.3 is 10.6 Å². The van der Waals surface area contributed by atoms with Crippen LogP contribution in [-0.4, -0.2) is 33.8 Å². The number of halogens is 1. The smallest absolute Gasteiger partial charge is 0.191 e. The van der Waals surface area contributed by atoms with Crippen LogP contribution in [-0.2, 0) is 6.54 Å². The Bertz CT molecular complexity index is 816. The maximum atomic E-state index is 4.67. The number of para-hydroxylation sites is 1. The van der Waals surface area contributed by atoms with E-state index in [2.05, 4.69) is 57.2 Å². The Morgan fingerprint density at radius 2 is 2.00 bits per heavy atom. The highest BCUT2D eigenvalue weighted by Gasteiger charge is 2.09. The minimum atomic E-state index is 0. The summed E-state index contributed by atoms with van der Waals surface area (Å²) in [6.07, 6.45) is 1.72. The molecule has 0 aliphatic rings. The molecule has 1 atom stereocenters. The lowest BCUT2D eigenvalue weighted by atomic mass is 10.1. The van der Waals surface area contributed by atoms with Gasteiger partial charge in [-0.1, -0.05) is 31.2 Å². The van der Waals surface area contributed by atoms with Crippen LogP contribution in [0, 0.1) is 0 Å². The molecule has 0 radical (unpaired) electrons. The van der Waals surface area contributed by atoms with Crippen molar-refractivity contribution in [1.82, 2.24) is 25.4 Å². The number of benzene rings is 1. The lowest BCUT2D eigenvalue weighted by molar-refractivity contribution is 0.706. The molecule has 6 nitrogen and oxygen atoms in total. The fourth-order valence-corrected chi connectivity index (χ4v) is 3.37. The van der Waals surface area contributed by atoms with E-state index in [1.165, 1.54) is 4.88 Å². The largest absolute Gasteiger partial charge is 0.357 e. The standard InChI is InChI=1S/C19H24N6S.HI/c1-3-20-19(21-12-15(2)17-10-7-11-26-17)22-13-18-24-23-14-25(18)16-8-5-4-6-9-16;/h4-11,14-15H,3,12-13H2,1-2H3,(H2,20,21,22);1H. The summed E-state index contributed by atoms with van der Waals surface area (Å²) in [4.78, 5) is 6.04. The van der Waals surface area contributed by atoms with Crippen molar-refractivity contribution < 1.29 is 0 Å². The Morgan fingerprint density at radius 3 is 2.70 bits per heavy atom. The van der Waals surface area contributed by atoms with E-state index >= 15 is 0 Å². The van der Waals surface area contributed by atoms with Crippen LogP contribution >= 0.6 is 35.3 Å². The SMILES string of the molecule is CCNC(=NCc1nncn1-c1ccccc1)NCC(C)c1cccs1.I. The van der Waals surface area contributed by atoms with Gasteiger partial charge in [-0.2, -0.15) is 0 Å². The number of guanidine groups is 1. The summed E-state index contributed by atoms with van der Waals surface area (Å²) >= 11 is 1.79. The van der Waals surface area contributed by atoms with Crippen molar-refractivity contribution in [3.05, 3.63) is 64.9 Å². The molecule has 2 aromatic heterocycles. The molecular weight excluding hydrogens is 471 g/mol. The first kappa shape index (κ1) is 21.4. The van der Waals surface area contributed by atoms with E-state index < -0.39 is 0 Å². The molecule has 3 aromatic rings. The average Bonchev–Trinajstić information content (AvgIpc) is 3.36. The monoisotopic (exact) mass is 496 g/mol. The van der Waals surface area contributed by atoms with Crippen molar-refractivity contribution in [2.75, 3.05) is 13.1 Å². The molecule has 27 heavy (non-hydrogen) atoms. The van der Waals surface area contributed by atoms with Gasteiger partial charge in [0.05, 0.1) is 0 Å². The zero-order chi connectivity index (χ0) is 18.2. The molecule has 1 aromatic carbocycles. The fraction of sp³-hybridized carbons (Fsp3) is 0.316. The van der Waals surface area contributed by atoms with Crippen molar-refractivity contribution in [1.29, 1.82) is 0 Å². The zero-order valence-corrected chi connectivity index (χ0v) is 18.6. The molecule has 0 aliphatic heterocycles. The first-order chi connectivity index (χ1) is 12.8. The van der Waals surface area contributed by atoms with Crippen molar-refractivity contribution in [3.63, 3.8) is 0 Å². The Morgan fingerprint density at radius 1 is 1.19 bits per heavy atom. The second-order valence-corrected chi connectivity index (χ2v) is 6.92. The maximum Gasteiger partial charge on any atom is 0.191 e. The van der Waals surface area contributed by atoms with Crippen molar-refractivity contribution in [3.8, 4) is 5.69 Å². The van der Waals surface area contributed by atoms with Crippen LogP contribution in [0.3, 0.4) is 0 Å². The summed E-state index contributed by atoms with van der Waals surface area (Å²) in [5, 5.41) is 17.1. The fourth-order valence-electron chi connectivity index (χ4n) is 2.58. The molecule has 1 unspecified atom stereocenters. The summed E-state index contributed by atoms with van der Waals surface area (Å²) in [6.45, 7) is 6.38. The number of hydrogen-bond acceptors (Lipinski definition) is 4. The molecule has 0 aliphatic carbocycles. The van der Waals surface area contributed by atoms with Gasteiger partial charge >= 0.3 is 0 Å². The van der Waals surface area contributed by atoms with Crippen molar-refractivity contribution >= 4 is 41.3 Å². The number of hydrogen-bond donors (Lipinski definition) is 2. The molecule has 2 heterocycles. The highest BCUT2D eigenvalue weighted by atomic mass is 127. The Balaban J connectivity index is 0.00000261. The molecule has 144 valence electrons. The predicted octanol–water partition coefficient (Wildman–Crippen LogP) is 3.81. The summed E-state index contributed by atoms with van der Waals surface area (Å²) in [5.74, 6) is 2.03. The lowest BCUT2D eigenvalue weighted by Gasteiger charge is -2.15. The van der Waals surface area contributed by atoms with E-state index in [0.717, 1.165) is 30.6 Å². The van der Waals surface area contributed by atoms with Gasteiger partial charge in [0, 0.05) is 29.6 Å². The van der Waals surface area contributed by atoms with Crippen LogP contribution in [0.1, 0.15) is 30.5 Å². The van der Waals surface area contributed by atoms with Gasteiger partial charge in [0.25, 0.3) is 0 Å². The van der Waals surface area contributed by atoms with E-state index in [9.17, 15) is 0 Å². The van der Waals surface area contributed by atoms with Crippen LogP contribution < -0.4 is 10.6 Å². The summed E-state index contributed by atoms with van der Waals surface area (Å²) < 4.78 is 1.96. The van der Waals surface area contributed by atoms with Gasteiger partial charge in [-0.3, -0.25) is 4.57 Å². The van der Waals surface area contributed by atoms with Gasteiger partial charge in [0.1, 0.15) is 12.9 Å². The van der Waals surface area contributed by atoms with E-state index in [0.29, 0.717) is 12.5 Å². The third-order valence-corrected chi connectivity index (χ3v) is 5.08. The van der Waals surface area contributed by atoms with Crippen LogP contribution in [0.2, 0.25) is 0 Å². The average molecular weight is 496 g/mol. The number of nitrogens with one attached hydrogen (secondary N) is 2. The van der Waals surface area contributed by atoms with Gasteiger partial charge in [-0.05, 0) is 30.5 Å². The van der Waals surface area contributed by atoms with Crippen molar-refractivity contribution in [2.45, 2.75) is 26.3 Å². The van der Waals surface area contributed by atoms with E-state index in [-0.39, 0.29) is 24.0 Å². The highest BCUT2D eigenvalue weighted by Crippen LogP contribution is 2.19. The minimum Gasteiger partial charge on any atom is -0.357 e. The number of aromatic nitrogens is 3. The molecule has 8 heteroatoms. The van der Waals surface area contributed by atoms with Crippen LogP contribution in [0.4, 0.5) is 0 Å². The first-order valence-electron chi connectivity index (χ1n) is 8.77. The summed E-state index contributed by atoms with van der Waals surface area (Å²) in [5.41, 5.74) is 1.03. The molecule has 3 rings (SSSR count). The van der Waals surface area contributed by atoms with Gasteiger partial charge in [0.15, 0.2) is 11.8 Å². The molecule has 0 fully saturated rings. The maximum absolute atomic E-state index is 4.67. The Hall–Kier alpha value is -1.94. The molecule has 2 N–H and O–H groups in total. The zero-order valence-electron chi connectivity index (χ0n) is 15.5. The van der Waals surface area contributed by atoms with E-state index in [1.54, 1.807) is 17.7 Å². The molecule has 0 spiro atoms. The normalized spacial score (nSPS) is 12.3. The highest BCUT2D eigenvalue weighted by molar-refractivity contribution is 14.0. The van der Waals surface area contributed by atoms with Gasteiger partial charge in [0.2, 0.25) is 0 Å². The Labute approximate surface area is 181 Å². The molecule has 0 amide bonds. The van der Waals surface area contributed by atoms with Crippen molar-refractivity contribution in [2.24, 2.45) is 4.99 Å². The van der Waals surface area contributed by atoms with Crippen LogP contribution in [0.15, 0.2) is 59.2 Å². The predicted molar refractivity (Wildman–Crippen MR) is 122 cm³/mol. The lowest BCUT2D eigenvalue weighted by Crippen LogP contribution is -2.39. The first-order valence-corrected chi connectivity index (χ1v) is 9.65. The number of rotatable bonds is 7. The molecule has 0 saturated carbocycles. The van der Waals surface area contributed by atoms with E-state index in [4.69, 9.17) is 0 Å². The second-order valence-electron chi connectivity index (χ2n) is 5.95. The third kappa shape index (κ3) is 6.03. The van der Waals surface area contributed by atoms with Crippen LogP contribution in [0.25, 0.3) is 5.69 Å².